The maximum absolute atomic E-state index is 11.2. The Labute approximate surface area is 101 Å². The number of aryl methyl sites for hydroxylation is 1. The van der Waals surface area contributed by atoms with Crippen molar-refractivity contribution in [2.24, 2.45) is 0 Å². The van der Waals surface area contributed by atoms with E-state index in [2.05, 4.69) is 4.99 Å². The zero-order valence-corrected chi connectivity index (χ0v) is 10.4. The van der Waals surface area contributed by atoms with Crippen LogP contribution in [0.15, 0.2) is 24.3 Å². The van der Waals surface area contributed by atoms with Crippen molar-refractivity contribution < 1.29 is 19.4 Å². The van der Waals surface area contributed by atoms with E-state index in [0.29, 0.717) is 5.75 Å². The van der Waals surface area contributed by atoms with E-state index in [4.69, 9.17) is 9.62 Å². The molecule has 0 saturated carbocycles. The predicted octanol–water partition coefficient (Wildman–Crippen LogP) is 2.75. The topological polar surface area (TPSA) is 56.8 Å². The van der Waals surface area contributed by atoms with Crippen molar-refractivity contribution in [3.05, 3.63) is 29.8 Å². The number of benzene rings is 1. The highest BCUT2D eigenvalue weighted by atomic mass is 17.3. The number of rotatable bonds is 3. The zero-order chi connectivity index (χ0) is 12.9. The first kappa shape index (κ1) is 13.3. The average molecular weight is 239 g/mol. The predicted molar refractivity (Wildman–Crippen MR) is 62.3 cm³/mol. The number of nitrogens with one attached hydrogen (secondary N) is 1. The monoisotopic (exact) mass is 239 g/mol. The molecule has 1 amide bonds. The van der Waals surface area contributed by atoms with Crippen molar-refractivity contribution in [2.45, 2.75) is 33.3 Å². The van der Waals surface area contributed by atoms with Crippen LogP contribution in [0.4, 0.5) is 4.79 Å². The van der Waals surface area contributed by atoms with Crippen molar-refractivity contribution in [1.29, 1.82) is 0 Å². The molecule has 0 atom stereocenters. The van der Waals surface area contributed by atoms with Crippen LogP contribution in [0.3, 0.4) is 0 Å². The maximum atomic E-state index is 11.2. The molecule has 1 aromatic carbocycles. The Morgan fingerprint density at radius 2 is 2.00 bits per heavy atom. The van der Waals surface area contributed by atoms with E-state index in [9.17, 15) is 4.79 Å². The lowest BCUT2D eigenvalue weighted by molar-refractivity contribution is -0.249. The summed E-state index contributed by atoms with van der Waals surface area (Å²) in [5.41, 5.74) is 2.48. The van der Waals surface area contributed by atoms with Crippen molar-refractivity contribution in [3.63, 3.8) is 0 Å². The summed E-state index contributed by atoms with van der Waals surface area (Å²) in [5, 5.41) is 0. The van der Waals surface area contributed by atoms with Crippen LogP contribution in [0.2, 0.25) is 0 Å². The van der Waals surface area contributed by atoms with Crippen molar-refractivity contribution in [1.82, 2.24) is 5.48 Å². The molecule has 0 aromatic heterocycles. The van der Waals surface area contributed by atoms with E-state index in [1.165, 1.54) is 0 Å². The van der Waals surface area contributed by atoms with Gasteiger partial charge in [0, 0.05) is 0 Å². The Morgan fingerprint density at radius 3 is 2.59 bits per heavy atom. The average Bonchev–Trinajstić information content (AvgIpc) is 2.14. The van der Waals surface area contributed by atoms with Crippen LogP contribution in [-0.2, 0) is 9.73 Å². The zero-order valence-electron chi connectivity index (χ0n) is 10.4. The van der Waals surface area contributed by atoms with Crippen LogP contribution < -0.4 is 10.4 Å². The van der Waals surface area contributed by atoms with E-state index in [0.717, 1.165) is 5.56 Å². The fourth-order valence-corrected chi connectivity index (χ4v) is 1.07. The van der Waals surface area contributed by atoms with Gasteiger partial charge in [-0.05, 0) is 45.4 Å². The quantitative estimate of drug-likeness (QED) is 0.651. The molecule has 0 bridgehead atoms. The summed E-state index contributed by atoms with van der Waals surface area (Å²) in [4.78, 5) is 20.6. The highest BCUT2D eigenvalue weighted by Crippen LogP contribution is 2.12. The first-order valence-corrected chi connectivity index (χ1v) is 5.26. The van der Waals surface area contributed by atoms with E-state index >= 15 is 0 Å². The molecule has 5 heteroatoms. The first-order chi connectivity index (χ1) is 7.87. The lowest BCUT2D eigenvalue weighted by Gasteiger charge is -2.18. The minimum atomic E-state index is -0.704. The third kappa shape index (κ3) is 5.77. The first-order valence-electron chi connectivity index (χ1n) is 5.26. The lowest BCUT2D eigenvalue weighted by Crippen LogP contribution is -2.33. The minimum absolute atomic E-state index is 0.501. The maximum Gasteiger partial charge on any atom is 0.435 e. The third-order valence-electron chi connectivity index (χ3n) is 1.65. The van der Waals surface area contributed by atoms with Gasteiger partial charge in [0.05, 0.1) is 0 Å². The Kier molecular flexibility index (Phi) is 4.34. The van der Waals surface area contributed by atoms with Crippen LogP contribution in [0.25, 0.3) is 0 Å². The highest BCUT2D eigenvalue weighted by Gasteiger charge is 2.16. The van der Waals surface area contributed by atoms with Gasteiger partial charge in [0.2, 0.25) is 0 Å². The van der Waals surface area contributed by atoms with Crippen molar-refractivity contribution in [3.8, 4) is 5.75 Å². The fourth-order valence-electron chi connectivity index (χ4n) is 1.07. The molecule has 0 fully saturated rings. The molecule has 94 valence electrons. The molecule has 5 nitrogen and oxygen atoms in total. The molecule has 17 heavy (non-hydrogen) atoms. The molecule has 1 N–H and O–H groups in total. The Bertz CT molecular complexity index is 384. The van der Waals surface area contributed by atoms with E-state index in [1.807, 2.05) is 24.5 Å². The summed E-state index contributed by atoms with van der Waals surface area (Å²) >= 11 is 0. The molecule has 0 spiro atoms. The Morgan fingerprint density at radius 1 is 1.29 bits per heavy atom. The Balaban J connectivity index is 2.31. The SMILES string of the molecule is Cc1cccc(OONC(=O)OC(C)(C)C)c1. The standard InChI is InChI=1S/C12H17NO4/c1-9-6-5-7-10(8-9)16-17-13-11(14)15-12(2,3)4/h5-8H,1-4H3,(H,13,14). The van der Waals surface area contributed by atoms with Gasteiger partial charge in [-0.15, -0.1) is 0 Å². The van der Waals surface area contributed by atoms with Crippen molar-refractivity contribution in [2.75, 3.05) is 0 Å². The number of carbonyl (C=O) groups is 1. The van der Waals surface area contributed by atoms with Gasteiger partial charge in [0.25, 0.3) is 0 Å². The smallest absolute Gasteiger partial charge is 0.435 e. The fraction of sp³-hybridized carbons (Fsp3) is 0.417. The molecular weight excluding hydrogens is 222 g/mol. The summed E-state index contributed by atoms with van der Waals surface area (Å²) < 4.78 is 4.94. The van der Waals surface area contributed by atoms with E-state index < -0.39 is 11.7 Å². The second kappa shape index (κ2) is 5.54. The molecule has 1 rings (SSSR count). The van der Waals surface area contributed by atoms with Crippen LogP contribution in [0, 0.1) is 6.92 Å². The molecule has 0 aliphatic carbocycles. The molecule has 0 aliphatic rings. The minimum Gasteiger partial charge on any atom is -0.442 e. The molecular formula is C12H17NO4. The van der Waals surface area contributed by atoms with Crippen LogP contribution >= 0.6 is 0 Å². The number of amides is 1. The molecule has 0 radical (unpaired) electrons. The normalized spacial score (nSPS) is 10.8. The van der Waals surface area contributed by atoms with Gasteiger partial charge in [-0.2, -0.15) is 5.48 Å². The van der Waals surface area contributed by atoms with Gasteiger partial charge in [-0.25, -0.2) is 4.79 Å². The number of hydroxylamine groups is 1. The molecule has 0 saturated heterocycles. The lowest BCUT2D eigenvalue weighted by atomic mass is 10.2. The van der Waals surface area contributed by atoms with Gasteiger partial charge < -0.3 is 9.62 Å². The summed E-state index contributed by atoms with van der Waals surface area (Å²) in [6.45, 7) is 7.20. The molecule has 0 heterocycles. The molecule has 0 aliphatic heterocycles. The van der Waals surface area contributed by atoms with Crippen LogP contribution in [0.5, 0.6) is 5.75 Å². The third-order valence-corrected chi connectivity index (χ3v) is 1.65. The van der Waals surface area contributed by atoms with Crippen LogP contribution in [0.1, 0.15) is 26.3 Å². The number of hydrogen-bond acceptors (Lipinski definition) is 4. The summed E-state index contributed by atoms with van der Waals surface area (Å²) in [5.74, 6) is 0.501. The second-order valence-corrected chi connectivity index (χ2v) is 4.59. The molecule has 0 unspecified atom stereocenters. The number of carbonyl (C=O) groups excluding carboxylic acids is 1. The van der Waals surface area contributed by atoms with E-state index in [-0.39, 0.29) is 0 Å². The van der Waals surface area contributed by atoms with Gasteiger partial charge in [0.15, 0.2) is 5.75 Å². The van der Waals surface area contributed by atoms with Crippen molar-refractivity contribution >= 4 is 6.09 Å². The van der Waals surface area contributed by atoms with Crippen LogP contribution in [-0.4, -0.2) is 11.7 Å². The summed E-state index contributed by atoms with van der Waals surface area (Å²) in [6, 6.07) is 7.23. The highest BCUT2D eigenvalue weighted by molar-refractivity contribution is 5.66. The molecule has 1 aromatic rings. The van der Waals surface area contributed by atoms with Gasteiger partial charge in [-0.3, -0.25) is 0 Å². The second-order valence-electron chi connectivity index (χ2n) is 4.59. The Hall–Kier alpha value is -1.75. The van der Waals surface area contributed by atoms with E-state index in [1.54, 1.807) is 32.9 Å². The number of hydrogen-bond donors (Lipinski definition) is 1. The van der Waals surface area contributed by atoms with Gasteiger partial charge in [-0.1, -0.05) is 17.1 Å². The summed E-state index contributed by atoms with van der Waals surface area (Å²) in [6.07, 6.45) is -0.704. The largest absolute Gasteiger partial charge is 0.442 e. The number of ether oxygens (including phenoxy) is 1. The summed E-state index contributed by atoms with van der Waals surface area (Å²) in [7, 11) is 0. The van der Waals surface area contributed by atoms with Gasteiger partial charge >= 0.3 is 6.09 Å². The van der Waals surface area contributed by atoms with Gasteiger partial charge in [0.1, 0.15) is 5.60 Å².